The highest BCUT2D eigenvalue weighted by atomic mass is 16.4. The van der Waals surface area contributed by atoms with Gasteiger partial charge in [-0.1, -0.05) is 13.8 Å². The van der Waals surface area contributed by atoms with E-state index in [2.05, 4.69) is 5.32 Å². The van der Waals surface area contributed by atoms with Gasteiger partial charge in [0.15, 0.2) is 0 Å². The summed E-state index contributed by atoms with van der Waals surface area (Å²) in [6, 6.07) is -0.961. The largest absolute Gasteiger partial charge is 0.480 e. The summed E-state index contributed by atoms with van der Waals surface area (Å²) in [5.74, 6) is -2.38. The van der Waals surface area contributed by atoms with E-state index in [-0.39, 0.29) is 43.5 Å². The van der Waals surface area contributed by atoms with Crippen LogP contribution in [0.2, 0.25) is 0 Å². The Balaban J connectivity index is 2.45. The Kier molecular flexibility index (Phi) is 5.02. The molecule has 1 aliphatic rings. The van der Waals surface area contributed by atoms with Gasteiger partial charge >= 0.3 is 5.97 Å². The first kappa shape index (κ1) is 15.1. The molecule has 0 aromatic rings. The van der Waals surface area contributed by atoms with Crippen molar-refractivity contribution in [3.63, 3.8) is 0 Å². The van der Waals surface area contributed by atoms with E-state index in [9.17, 15) is 19.2 Å². The van der Waals surface area contributed by atoms with Crippen molar-refractivity contribution in [3.8, 4) is 0 Å². The van der Waals surface area contributed by atoms with Crippen molar-refractivity contribution in [2.75, 3.05) is 6.54 Å². The number of likely N-dealkylation sites (tertiary alicyclic amines) is 1. The summed E-state index contributed by atoms with van der Waals surface area (Å²) in [5.41, 5.74) is 0. The van der Waals surface area contributed by atoms with E-state index in [0.717, 1.165) is 4.90 Å². The minimum atomic E-state index is -1.10. The molecule has 1 fully saturated rings. The van der Waals surface area contributed by atoms with Crippen molar-refractivity contribution in [2.45, 2.75) is 39.2 Å². The fraction of sp³-hybridized carbons (Fsp3) is 0.667. The Hall–Kier alpha value is -1.92. The Morgan fingerprint density at radius 2 is 1.79 bits per heavy atom. The van der Waals surface area contributed by atoms with Crippen LogP contribution in [-0.2, 0) is 19.2 Å². The summed E-state index contributed by atoms with van der Waals surface area (Å²) in [5, 5.41) is 11.3. The predicted molar refractivity (Wildman–Crippen MR) is 65.0 cm³/mol. The smallest absolute Gasteiger partial charge is 0.326 e. The molecule has 1 unspecified atom stereocenters. The number of carboxylic acid groups (broad SMARTS) is 1. The van der Waals surface area contributed by atoms with Gasteiger partial charge in [0.1, 0.15) is 6.04 Å². The van der Waals surface area contributed by atoms with Crippen LogP contribution in [0.5, 0.6) is 0 Å². The maximum Gasteiger partial charge on any atom is 0.326 e. The van der Waals surface area contributed by atoms with Crippen LogP contribution in [0.1, 0.15) is 33.1 Å². The van der Waals surface area contributed by atoms with Gasteiger partial charge in [-0.15, -0.1) is 0 Å². The molecule has 0 radical (unpaired) electrons. The zero-order valence-electron chi connectivity index (χ0n) is 11.0. The van der Waals surface area contributed by atoms with Gasteiger partial charge in [-0.05, 0) is 5.92 Å². The first-order valence-electron chi connectivity index (χ1n) is 6.18. The number of imide groups is 1. The summed E-state index contributed by atoms with van der Waals surface area (Å²) in [4.78, 5) is 46.2. The van der Waals surface area contributed by atoms with Gasteiger partial charge in [0.05, 0.1) is 0 Å². The number of nitrogens with zero attached hydrogens (tertiary/aromatic N) is 1. The zero-order chi connectivity index (χ0) is 14.6. The quantitative estimate of drug-likeness (QED) is 0.648. The Labute approximate surface area is 110 Å². The molecule has 7 nitrogen and oxygen atoms in total. The van der Waals surface area contributed by atoms with Crippen LogP contribution >= 0.6 is 0 Å². The lowest BCUT2D eigenvalue weighted by molar-refractivity contribution is -0.144. The second-order valence-electron chi connectivity index (χ2n) is 4.82. The molecule has 0 aliphatic carbocycles. The highest BCUT2D eigenvalue weighted by Crippen LogP contribution is 2.12. The lowest BCUT2D eigenvalue weighted by Crippen LogP contribution is -2.45. The number of carbonyl (C=O) groups excluding carboxylic acids is 3. The number of rotatable bonds is 6. The monoisotopic (exact) mass is 270 g/mol. The van der Waals surface area contributed by atoms with Gasteiger partial charge in [0, 0.05) is 25.8 Å². The normalized spacial score (nSPS) is 16.9. The number of nitrogens with one attached hydrogen (secondary N) is 1. The summed E-state index contributed by atoms with van der Waals surface area (Å²) in [6.45, 7) is 3.38. The summed E-state index contributed by atoms with van der Waals surface area (Å²) in [6.07, 6.45) is 0.294. The molecule has 1 heterocycles. The first-order valence-corrected chi connectivity index (χ1v) is 6.18. The second kappa shape index (κ2) is 6.31. The number of aliphatic carboxylic acids is 1. The molecule has 7 heteroatoms. The topological polar surface area (TPSA) is 104 Å². The van der Waals surface area contributed by atoms with Crippen molar-refractivity contribution >= 4 is 23.7 Å². The average Bonchev–Trinajstić information content (AvgIpc) is 2.62. The Morgan fingerprint density at radius 3 is 2.21 bits per heavy atom. The van der Waals surface area contributed by atoms with Crippen LogP contribution < -0.4 is 5.32 Å². The molecule has 1 saturated heterocycles. The minimum absolute atomic E-state index is 0.00787. The molecule has 1 aliphatic heterocycles. The number of carbonyl (C=O) groups is 4. The second-order valence-corrected chi connectivity index (χ2v) is 4.82. The maximum absolute atomic E-state index is 11.6. The van der Waals surface area contributed by atoms with Crippen molar-refractivity contribution in [3.05, 3.63) is 0 Å². The zero-order valence-corrected chi connectivity index (χ0v) is 11.0. The van der Waals surface area contributed by atoms with Gasteiger partial charge in [0.2, 0.25) is 17.7 Å². The molecule has 19 heavy (non-hydrogen) atoms. The van der Waals surface area contributed by atoms with Gasteiger partial charge in [-0.25, -0.2) is 4.79 Å². The fourth-order valence-corrected chi connectivity index (χ4v) is 1.84. The lowest BCUT2D eigenvalue weighted by Gasteiger charge is -2.19. The van der Waals surface area contributed by atoms with Gasteiger partial charge in [-0.3, -0.25) is 19.3 Å². The molecule has 0 saturated carbocycles. The molecule has 1 atom stereocenters. The third kappa shape index (κ3) is 4.04. The highest BCUT2D eigenvalue weighted by molar-refractivity contribution is 6.02. The third-order valence-electron chi connectivity index (χ3n) is 2.97. The van der Waals surface area contributed by atoms with Crippen LogP contribution in [0.15, 0.2) is 0 Å². The van der Waals surface area contributed by atoms with Crippen molar-refractivity contribution in [2.24, 2.45) is 5.92 Å². The van der Waals surface area contributed by atoms with Crippen LogP contribution in [0.25, 0.3) is 0 Å². The summed E-state index contributed by atoms with van der Waals surface area (Å²) >= 11 is 0. The molecule has 0 spiro atoms. The Bertz CT molecular complexity index is 389. The van der Waals surface area contributed by atoms with Crippen LogP contribution in [0.4, 0.5) is 0 Å². The van der Waals surface area contributed by atoms with E-state index < -0.39 is 17.9 Å². The number of amides is 3. The van der Waals surface area contributed by atoms with Crippen LogP contribution in [-0.4, -0.2) is 46.3 Å². The molecular weight excluding hydrogens is 252 g/mol. The summed E-state index contributed by atoms with van der Waals surface area (Å²) < 4.78 is 0. The van der Waals surface area contributed by atoms with E-state index in [1.165, 1.54) is 0 Å². The van der Waals surface area contributed by atoms with Crippen LogP contribution in [0.3, 0.4) is 0 Å². The summed E-state index contributed by atoms with van der Waals surface area (Å²) in [7, 11) is 0. The van der Waals surface area contributed by atoms with E-state index in [1.54, 1.807) is 13.8 Å². The molecule has 0 aromatic carbocycles. The Morgan fingerprint density at radius 1 is 1.26 bits per heavy atom. The SMILES string of the molecule is CC(C)C(NC(=O)CCN1C(=O)CCC1=O)C(=O)O. The van der Waals surface area contributed by atoms with E-state index in [0.29, 0.717) is 0 Å². The molecule has 0 bridgehead atoms. The van der Waals surface area contributed by atoms with Gasteiger partial charge in [-0.2, -0.15) is 0 Å². The lowest BCUT2D eigenvalue weighted by atomic mass is 10.0. The van der Waals surface area contributed by atoms with Crippen LogP contribution in [0, 0.1) is 5.92 Å². The standard InChI is InChI=1S/C12H18N2O5/c1-7(2)11(12(18)19)13-8(15)5-6-14-9(16)3-4-10(14)17/h7,11H,3-6H2,1-2H3,(H,13,15)(H,18,19). The predicted octanol–water partition coefficient (Wildman–Crippen LogP) is -0.249. The number of carboxylic acids is 1. The van der Waals surface area contributed by atoms with Crippen molar-refractivity contribution < 1.29 is 24.3 Å². The number of hydrogen-bond donors (Lipinski definition) is 2. The average molecular weight is 270 g/mol. The van der Waals surface area contributed by atoms with E-state index in [4.69, 9.17) is 5.11 Å². The van der Waals surface area contributed by atoms with Crippen molar-refractivity contribution in [1.29, 1.82) is 0 Å². The van der Waals surface area contributed by atoms with E-state index in [1.807, 2.05) is 0 Å². The van der Waals surface area contributed by atoms with Crippen molar-refractivity contribution in [1.82, 2.24) is 10.2 Å². The molecule has 3 amide bonds. The van der Waals surface area contributed by atoms with E-state index >= 15 is 0 Å². The molecule has 0 aromatic heterocycles. The number of hydrogen-bond acceptors (Lipinski definition) is 4. The van der Waals surface area contributed by atoms with Gasteiger partial charge in [0.25, 0.3) is 0 Å². The molecule has 106 valence electrons. The minimum Gasteiger partial charge on any atom is -0.480 e. The molecule has 1 rings (SSSR count). The molecule has 2 N–H and O–H groups in total. The first-order chi connectivity index (χ1) is 8.82. The maximum atomic E-state index is 11.6. The fourth-order valence-electron chi connectivity index (χ4n) is 1.84. The third-order valence-corrected chi connectivity index (χ3v) is 2.97. The highest BCUT2D eigenvalue weighted by Gasteiger charge is 2.29. The van der Waals surface area contributed by atoms with Gasteiger partial charge < -0.3 is 10.4 Å². The molecular formula is C12H18N2O5.